The van der Waals surface area contributed by atoms with E-state index in [4.69, 9.17) is 9.47 Å². The minimum absolute atomic E-state index is 0.0574. The van der Waals surface area contributed by atoms with Crippen molar-refractivity contribution in [1.82, 2.24) is 0 Å². The van der Waals surface area contributed by atoms with Gasteiger partial charge in [0.1, 0.15) is 6.10 Å². The summed E-state index contributed by atoms with van der Waals surface area (Å²) in [6.07, 6.45) is 0.684. The molecule has 0 fully saturated rings. The van der Waals surface area contributed by atoms with Crippen molar-refractivity contribution in [3.63, 3.8) is 0 Å². The van der Waals surface area contributed by atoms with E-state index in [-0.39, 0.29) is 25.9 Å². The average molecular weight is 396 g/mol. The first kappa shape index (κ1) is 22.9. The Bertz CT molecular complexity index is 649. The van der Waals surface area contributed by atoms with Crippen molar-refractivity contribution in [2.75, 3.05) is 6.61 Å². The molecule has 0 aromatic heterocycles. The highest BCUT2D eigenvalue weighted by Crippen LogP contribution is 2.29. The van der Waals surface area contributed by atoms with Gasteiger partial charge < -0.3 is 9.47 Å². The van der Waals surface area contributed by atoms with Gasteiger partial charge in [0.2, 0.25) is 5.82 Å². The minimum atomic E-state index is -2.29. The highest BCUT2D eigenvalue weighted by molar-refractivity contribution is 5.72. The van der Waals surface area contributed by atoms with Gasteiger partial charge in [-0.05, 0) is 19.8 Å². The van der Waals surface area contributed by atoms with Gasteiger partial charge in [0.05, 0.1) is 12.2 Å². The molecule has 1 rings (SSSR count). The number of benzene rings is 1. The van der Waals surface area contributed by atoms with Crippen molar-refractivity contribution in [3.8, 4) is 0 Å². The van der Waals surface area contributed by atoms with Crippen molar-refractivity contribution < 1.29 is 41.0 Å². The molecule has 0 aliphatic carbocycles. The minimum Gasteiger partial charge on any atom is -0.466 e. The van der Waals surface area contributed by atoms with Crippen LogP contribution in [-0.4, -0.2) is 18.5 Å². The van der Waals surface area contributed by atoms with Crippen LogP contribution < -0.4 is 0 Å². The zero-order chi connectivity index (χ0) is 20.6. The lowest BCUT2D eigenvalue weighted by Gasteiger charge is -2.16. The number of rotatable bonds is 10. The van der Waals surface area contributed by atoms with Gasteiger partial charge in [-0.2, -0.15) is 0 Å². The van der Waals surface area contributed by atoms with E-state index < -0.39 is 52.7 Å². The summed E-state index contributed by atoms with van der Waals surface area (Å²) < 4.78 is 76.4. The summed E-state index contributed by atoms with van der Waals surface area (Å²) in [4.78, 5) is 23.1. The van der Waals surface area contributed by atoms with Crippen molar-refractivity contribution in [3.05, 3.63) is 34.6 Å². The summed E-state index contributed by atoms with van der Waals surface area (Å²) in [6, 6.07) is 0. The maximum absolute atomic E-state index is 13.7. The van der Waals surface area contributed by atoms with Crippen LogP contribution in [0.5, 0.6) is 0 Å². The van der Waals surface area contributed by atoms with Crippen LogP contribution in [0.15, 0.2) is 0 Å². The van der Waals surface area contributed by atoms with Crippen LogP contribution >= 0.6 is 0 Å². The molecule has 0 radical (unpaired) electrons. The molecule has 152 valence electrons. The van der Waals surface area contributed by atoms with Crippen LogP contribution in [0, 0.1) is 29.1 Å². The number of halogens is 5. The monoisotopic (exact) mass is 396 g/mol. The third-order valence-corrected chi connectivity index (χ3v) is 3.73. The molecule has 0 saturated carbocycles. The molecule has 4 nitrogen and oxygen atoms in total. The van der Waals surface area contributed by atoms with Crippen LogP contribution in [0.4, 0.5) is 22.0 Å². The number of hydrogen-bond donors (Lipinski definition) is 0. The van der Waals surface area contributed by atoms with Crippen molar-refractivity contribution in [2.45, 2.75) is 58.5 Å². The lowest BCUT2D eigenvalue weighted by molar-refractivity contribution is -0.149. The molecule has 0 saturated heterocycles. The summed E-state index contributed by atoms with van der Waals surface area (Å²) in [5.41, 5.74) is -1.23. The van der Waals surface area contributed by atoms with Crippen LogP contribution in [0.3, 0.4) is 0 Å². The summed E-state index contributed by atoms with van der Waals surface area (Å²) in [5, 5.41) is 0. The zero-order valence-electron chi connectivity index (χ0n) is 15.0. The number of hydrogen-bond acceptors (Lipinski definition) is 4. The Balaban J connectivity index is 2.53. The number of carbonyl (C=O) groups excluding carboxylic acids is 2. The smallest absolute Gasteiger partial charge is 0.306 e. The van der Waals surface area contributed by atoms with Crippen LogP contribution in [-0.2, 0) is 19.1 Å². The lowest BCUT2D eigenvalue weighted by atomic mass is 10.1. The number of unbranched alkanes of at least 4 members (excludes halogenated alkanes) is 2. The summed E-state index contributed by atoms with van der Waals surface area (Å²) in [5.74, 6) is -12.1. The second-order valence-electron chi connectivity index (χ2n) is 5.90. The predicted molar refractivity (Wildman–Crippen MR) is 85.1 cm³/mol. The Morgan fingerprint density at radius 3 is 1.89 bits per heavy atom. The topological polar surface area (TPSA) is 52.6 Å². The normalized spacial score (nSPS) is 12.0. The molecule has 0 amide bonds. The SMILES string of the molecule is CCCCCOC(=O)CCCC(=O)OC(C)c1c(F)c(F)c(F)c(F)c1F. The van der Waals surface area contributed by atoms with Crippen LogP contribution in [0.25, 0.3) is 0 Å². The first-order valence-electron chi connectivity index (χ1n) is 8.57. The van der Waals surface area contributed by atoms with Gasteiger partial charge in [-0.15, -0.1) is 0 Å². The largest absolute Gasteiger partial charge is 0.466 e. The fourth-order valence-electron chi connectivity index (χ4n) is 2.28. The van der Waals surface area contributed by atoms with Crippen LogP contribution in [0.1, 0.15) is 64.0 Å². The Labute approximate surface area is 153 Å². The van der Waals surface area contributed by atoms with Crippen molar-refractivity contribution in [1.29, 1.82) is 0 Å². The molecular formula is C18H21F5O4. The predicted octanol–water partition coefficient (Wildman–Crippen LogP) is 4.89. The molecule has 27 heavy (non-hydrogen) atoms. The maximum Gasteiger partial charge on any atom is 0.306 e. The average Bonchev–Trinajstić information content (AvgIpc) is 2.62. The molecule has 0 N–H and O–H groups in total. The van der Waals surface area contributed by atoms with E-state index in [1.54, 1.807) is 0 Å². The van der Waals surface area contributed by atoms with Crippen molar-refractivity contribution >= 4 is 11.9 Å². The molecule has 9 heteroatoms. The third-order valence-electron chi connectivity index (χ3n) is 3.73. The molecule has 0 spiro atoms. The summed E-state index contributed by atoms with van der Waals surface area (Å²) in [6.45, 7) is 3.27. The Morgan fingerprint density at radius 2 is 1.33 bits per heavy atom. The number of ether oxygens (including phenoxy) is 2. The fourth-order valence-corrected chi connectivity index (χ4v) is 2.28. The maximum atomic E-state index is 13.7. The van der Waals surface area contributed by atoms with Crippen molar-refractivity contribution in [2.24, 2.45) is 0 Å². The van der Waals surface area contributed by atoms with E-state index in [1.807, 2.05) is 6.92 Å². The van der Waals surface area contributed by atoms with Crippen LogP contribution in [0.2, 0.25) is 0 Å². The van der Waals surface area contributed by atoms with Gasteiger partial charge in [-0.25, -0.2) is 22.0 Å². The van der Waals surface area contributed by atoms with E-state index in [2.05, 4.69) is 0 Å². The second-order valence-corrected chi connectivity index (χ2v) is 5.90. The lowest BCUT2D eigenvalue weighted by Crippen LogP contribution is -2.15. The quantitative estimate of drug-likeness (QED) is 0.186. The van der Waals surface area contributed by atoms with Gasteiger partial charge in [-0.3, -0.25) is 9.59 Å². The van der Waals surface area contributed by atoms with Gasteiger partial charge in [0.15, 0.2) is 23.3 Å². The third kappa shape index (κ3) is 6.48. The first-order valence-corrected chi connectivity index (χ1v) is 8.57. The summed E-state index contributed by atoms with van der Waals surface area (Å²) >= 11 is 0. The Kier molecular flexibility index (Phi) is 9.17. The molecule has 0 aliphatic rings. The molecule has 0 heterocycles. The van der Waals surface area contributed by atoms with Gasteiger partial charge in [0.25, 0.3) is 0 Å². The van der Waals surface area contributed by atoms with Gasteiger partial charge >= 0.3 is 11.9 Å². The number of carbonyl (C=O) groups is 2. The van der Waals surface area contributed by atoms with E-state index in [0.29, 0.717) is 0 Å². The molecule has 1 aromatic carbocycles. The summed E-state index contributed by atoms with van der Waals surface area (Å²) in [7, 11) is 0. The van der Waals surface area contributed by atoms with E-state index in [1.165, 1.54) is 0 Å². The Morgan fingerprint density at radius 1 is 0.815 bits per heavy atom. The standard InChI is InChI=1S/C18H21F5O4/c1-3-4-5-9-26-11(24)7-6-8-12(25)27-10(2)13-14(19)16(21)18(23)17(22)15(13)20/h10H,3-9H2,1-2H3. The first-order chi connectivity index (χ1) is 12.7. The molecule has 1 unspecified atom stereocenters. The van der Waals surface area contributed by atoms with E-state index in [0.717, 1.165) is 26.2 Å². The molecule has 0 aliphatic heterocycles. The highest BCUT2D eigenvalue weighted by Gasteiger charge is 2.30. The zero-order valence-corrected chi connectivity index (χ0v) is 15.0. The highest BCUT2D eigenvalue weighted by atomic mass is 19.2. The number of esters is 2. The van der Waals surface area contributed by atoms with E-state index in [9.17, 15) is 31.5 Å². The molecule has 1 atom stereocenters. The molecular weight excluding hydrogens is 375 g/mol. The van der Waals surface area contributed by atoms with Gasteiger partial charge in [-0.1, -0.05) is 19.8 Å². The second kappa shape index (κ2) is 10.8. The van der Waals surface area contributed by atoms with Gasteiger partial charge in [0, 0.05) is 12.8 Å². The molecule has 0 bridgehead atoms. The fraction of sp³-hybridized carbons (Fsp3) is 0.556. The van der Waals surface area contributed by atoms with E-state index >= 15 is 0 Å². The molecule has 1 aromatic rings. The Hall–Kier alpha value is -2.19.